The van der Waals surface area contributed by atoms with E-state index < -0.39 is 0 Å². The van der Waals surface area contributed by atoms with Crippen LogP contribution < -0.4 is 10.6 Å². The number of likely N-dealkylation sites (tertiary alicyclic amines) is 1. The van der Waals surface area contributed by atoms with Gasteiger partial charge in [0.2, 0.25) is 11.8 Å². The first kappa shape index (κ1) is 18.4. The first-order chi connectivity index (χ1) is 12.6. The van der Waals surface area contributed by atoms with Crippen molar-refractivity contribution in [3.63, 3.8) is 0 Å². The predicted molar refractivity (Wildman–Crippen MR) is 97.6 cm³/mol. The fourth-order valence-electron chi connectivity index (χ4n) is 2.89. The molecule has 3 rings (SSSR count). The van der Waals surface area contributed by atoms with Gasteiger partial charge in [-0.1, -0.05) is 11.6 Å². The molecule has 7 nitrogen and oxygen atoms in total. The number of hydrogen-bond donors (Lipinski definition) is 2. The van der Waals surface area contributed by atoms with Crippen molar-refractivity contribution in [3.05, 3.63) is 47.5 Å². The van der Waals surface area contributed by atoms with E-state index in [1.807, 2.05) is 6.07 Å². The lowest BCUT2D eigenvalue weighted by molar-refractivity contribution is -0.123. The van der Waals surface area contributed by atoms with Gasteiger partial charge in [-0.25, -0.2) is 4.98 Å². The number of piperidine rings is 1. The number of hydrogen-bond acceptors (Lipinski definition) is 5. The van der Waals surface area contributed by atoms with E-state index in [4.69, 9.17) is 16.0 Å². The first-order valence-electron chi connectivity index (χ1n) is 8.54. The number of aromatic nitrogens is 1. The molecule has 0 unspecified atom stereocenters. The third-order valence-electron chi connectivity index (χ3n) is 4.34. The van der Waals surface area contributed by atoms with E-state index in [0.717, 1.165) is 5.76 Å². The summed E-state index contributed by atoms with van der Waals surface area (Å²) in [6.07, 6.45) is 4.51. The summed E-state index contributed by atoms with van der Waals surface area (Å²) in [5.74, 6) is 1.06. The molecule has 0 radical (unpaired) electrons. The zero-order chi connectivity index (χ0) is 18.4. The summed E-state index contributed by atoms with van der Waals surface area (Å²) >= 11 is 5.79. The highest BCUT2D eigenvalue weighted by atomic mass is 35.5. The molecule has 0 aliphatic carbocycles. The molecule has 0 saturated carbocycles. The van der Waals surface area contributed by atoms with Crippen LogP contribution in [0.2, 0.25) is 5.02 Å². The first-order valence-corrected chi connectivity index (χ1v) is 8.92. The second-order valence-corrected chi connectivity index (χ2v) is 6.69. The van der Waals surface area contributed by atoms with Crippen LogP contribution in [-0.2, 0) is 16.1 Å². The second-order valence-electron chi connectivity index (χ2n) is 6.26. The van der Waals surface area contributed by atoms with Gasteiger partial charge in [-0.15, -0.1) is 0 Å². The Morgan fingerprint density at radius 3 is 2.73 bits per heavy atom. The monoisotopic (exact) mass is 376 g/mol. The Kier molecular flexibility index (Phi) is 6.25. The van der Waals surface area contributed by atoms with Gasteiger partial charge in [-0.2, -0.15) is 0 Å². The largest absolute Gasteiger partial charge is 0.467 e. The highest BCUT2D eigenvalue weighted by molar-refractivity contribution is 6.30. The van der Waals surface area contributed by atoms with Crippen LogP contribution in [0.3, 0.4) is 0 Å². The molecular formula is C18H21ClN4O3. The van der Waals surface area contributed by atoms with Crippen molar-refractivity contribution in [2.45, 2.75) is 19.4 Å². The number of furan rings is 1. The number of nitrogens with zero attached hydrogens (tertiary/aromatic N) is 2. The van der Waals surface area contributed by atoms with Gasteiger partial charge in [0.05, 0.1) is 24.4 Å². The molecule has 138 valence electrons. The molecule has 2 amide bonds. The molecule has 1 aliphatic rings. The molecule has 0 atom stereocenters. The molecule has 2 aromatic rings. The van der Waals surface area contributed by atoms with E-state index in [-0.39, 0.29) is 17.7 Å². The molecule has 1 aliphatic heterocycles. The number of amides is 2. The fourth-order valence-corrected chi connectivity index (χ4v) is 3.00. The standard InChI is InChI=1S/C18H21ClN4O3/c19-14-3-4-16(20-10-14)22-18(25)13-5-7-23(8-6-13)12-17(24)21-11-15-2-1-9-26-15/h1-4,9-10,13H,5-8,11-12H2,(H,21,24)(H,20,22,25). The van der Waals surface area contributed by atoms with Crippen LogP contribution in [0.1, 0.15) is 18.6 Å². The van der Waals surface area contributed by atoms with E-state index >= 15 is 0 Å². The third kappa shape index (κ3) is 5.31. The molecule has 2 aromatic heterocycles. The Labute approximate surface area is 156 Å². The highest BCUT2D eigenvalue weighted by Crippen LogP contribution is 2.19. The summed E-state index contributed by atoms with van der Waals surface area (Å²) in [6.45, 7) is 2.13. The van der Waals surface area contributed by atoms with Gasteiger partial charge in [0.1, 0.15) is 11.6 Å². The van der Waals surface area contributed by atoms with Crippen LogP contribution in [0.25, 0.3) is 0 Å². The van der Waals surface area contributed by atoms with Crippen molar-refractivity contribution in [3.8, 4) is 0 Å². The Bertz CT molecular complexity index is 725. The van der Waals surface area contributed by atoms with Crippen molar-refractivity contribution < 1.29 is 14.0 Å². The zero-order valence-electron chi connectivity index (χ0n) is 14.3. The SMILES string of the molecule is O=C(CN1CCC(C(=O)Nc2ccc(Cl)cn2)CC1)NCc1ccco1. The van der Waals surface area contributed by atoms with Gasteiger partial charge >= 0.3 is 0 Å². The number of halogens is 1. The molecule has 0 spiro atoms. The predicted octanol–water partition coefficient (Wildman–Crippen LogP) is 2.29. The molecule has 2 N–H and O–H groups in total. The second kappa shape index (κ2) is 8.82. The number of rotatable bonds is 6. The van der Waals surface area contributed by atoms with Gasteiger partial charge < -0.3 is 15.1 Å². The molecular weight excluding hydrogens is 356 g/mol. The molecule has 8 heteroatoms. The summed E-state index contributed by atoms with van der Waals surface area (Å²) < 4.78 is 5.18. The number of nitrogens with one attached hydrogen (secondary N) is 2. The summed E-state index contributed by atoms with van der Waals surface area (Å²) in [7, 11) is 0. The number of anilines is 1. The molecule has 3 heterocycles. The summed E-state index contributed by atoms with van der Waals surface area (Å²) in [6, 6.07) is 6.98. The van der Waals surface area contributed by atoms with E-state index in [9.17, 15) is 9.59 Å². The lowest BCUT2D eigenvalue weighted by atomic mass is 9.96. The Morgan fingerprint density at radius 1 is 1.27 bits per heavy atom. The van der Waals surface area contributed by atoms with Crippen molar-refractivity contribution in [2.24, 2.45) is 5.92 Å². The quantitative estimate of drug-likeness (QED) is 0.807. The zero-order valence-corrected chi connectivity index (χ0v) is 15.0. The van der Waals surface area contributed by atoms with Gasteiger partial charge in [0.25, 0.3) is 0 Å². The van der Waals surface area contributed by atoms with Gasteiger partial charge in [-0.3, -0.25) is 14.5 Å². The van der Waals surface area contributed by atoms with Crippen LogP contribution in [0.15, 0.2) is 41.1 Å². The lowest BCUT2D eigenvalue weighted by Gasteiger charge is -2.30. The van der Waals surface area contributed by atoms with Crippen molar-refractivity contribution in [1.29, 1.82) is 0 Å². The summed E-state index contributed by atoms with van der Waals surface area (Å²) in [5.41, 5.74) is 0. The number of pyridine rings is 1. The maximum absolute atomic E-state index is 12.3. The van der Waals surface area contributed by atoms with E-state index in [1.54, 1.807) is 24.5 Å². The summed E-state index contributed by atoms with van der Waals surface area (Å²) in [4.78, 5) is 30.5. The normalized spacial score (nSPS) is 15.6. The Morgan fingerprint density at radius 2 is 2.08 bits per heavy atom. The van der Waals surface area contributed by atoms with E-state index in [2.05, 4.69) is 20.5 Å². The minimum atomic E-state index is -0.0742. The molecule has 26 heavy (non-hydrogen) atoms. The lowest BCUT2D eigenvalue weighted by Crippen LogP contribution is -2.43. The van der Waals surface area contributed by atoms with Crippen LogP contribution in [0, 0.1) is 5.92 Å². The minimum absolute atomic E-state index is 0.0401. The van der Waals surface area contributed by atoms with Crippen molar-refractivity contribution in [2.75, 3.05) is 25.0 Å². The maximum Gasteiger partial charge on any atom is 0.234 e. The number of carbonyl (C=O) groups excluding carboxylic acids is 2. The molecule has 1 fully saturated rings. The van der Waals surface area contributed by atoms with Crippen LogP contribution >= 0.6 is 11.6 Å². The third-order valence-corrected chi connectivity index (χ3v) is 4.57. The Balaban J connectivity index is 1.38. The average Bonchev–Trinajstić information content (AvgIpc) is 3.16. The van der Waals surface area contributed by atoms with Crippen molar-refractivity contribution in [1.82, 2.24) is 15.2 Å². The number of carbonyl (C=O) groups is 2. The summed E-state index contributed by atoms with van der Waals surface area (Å²) in [5, 5.41) is 6.17. The van der Waals surface area contributed by atoms with Crippen molar-refractivity contribution >= 4 is 29.2 Å². The van der Waals surface area contributed by atoms with Crippen LogP contribution in [-0.4, -0.2) is 41.3 Å². The highest BCUT2D eigenvalue weighted by Gasteiger charge is 2.26. The van der Waals surface area contributed by atoms with Gasteiger partial charge in [-0.05, 0) is 50.2 Å². The maximum atomic E-state index is 12.3. The minimum Gasteiger partial charge on any atom is -0.467 e. The smallest absolute Gasteiger partial charge is 0.234 e. The average molecular weight is 377 g/mol. The Hall–Kier alpha value is -2.38. The molecule has 0 aromatic carbocycles. The topological polar surface area (TPSA) is 87.5 Å². The van der Waals surface area contributed by atoms with E-state index in [1.165, 1.54) is 6.20 Å². The van der Waals surface area contributed by atoms with Gasteiger partial charge in [0, 0.05) is 12.1 Å². The van der Waals surface area contributed by atoms with Crippen LogP contribution in [0.4, 0.5) is 5.82 Å². The van der Waals surface area contributed by atoms with Crippen LogP contribution in [0.5, 0.6) is 0 Å². The van der Waals surface area contributed by atoms with Gasteiger partial charge in [0.15, 0.2) is 0 Å². The fraction of sp³-hybridized carbons (Fsp3) is 0.389. The molecule has 1 saturated heterocycles. The molecule has 0 bridgehead atoms. The van der Waals surface area contributed by atoms with E-state index in [0.29, 0.717) is 49.9 Å².